The average Bonchev–Trinajstić information content (AvgIpc) is 2.44. The summed E-state index contributed by atoms with van der Waals surface area (Å²) in [6.45, 7) is 3.92. The number of rotatable bonds is 7. The van der Waals surface area contributed by atoms with Crippen molar-refractivity contribution in [1.82, 2.24) is 0 Å². The maximum absolute atomic E-state index is 12.1. The van der Waals surface area contributed by atoms with Crippen molar-refractivity contribution in [2.75, 3.05) is 5.32 Å². The van der Waals surface area contributed by atoms with Crippen LogP contribution in [-0.2, 0) is 16.0 Å². The first-order valence-corrected chi connectivity index (χ1v) is 6.81. The van der Waals surface area contributed by atoms with Gasteiger partial charge in [0.2, 0.25) is 5.91 Å². The van der Waals surface area contributed by atoms with Gasteiger partial charge in [-0.2, -0.15) is 0 Å². The first-order chi connectivity index (χ1) is 9.45. The van der Waals surface area contributed by atoms with Crippen molar-refractivity contribution in [3.63, 3.8) is 0 Å². The number of para-hydroxylation sites is 1. The summed E-state index contributed by atoms with van der Waals surface area (Å²) in [6.07, 6.45) is 1.24. The molecule has 1 amide bonds. The number of carboxylic acid groups (broad SMARTS) is 1. The topological polar surface area (TPSA) is 92.4 Å². The molecule has 0 aliphatic rings. The molecule has 0 fully saturated rings. The third kappa shape index (κ3) is 4.66. The van der Waals surface area contributed by atoms with E-state index in [9.17, 15) is 9.59 Å². The molecule has 5 heteroatoms. The number of carbonyl (C=O) groups is 2. The number of nitrogens with two attached hydrogens (primary N) is 1. The van der Waals surface area contributed by atoms with Gasteiger partial charge in [0.05, 0.1) is 6.04 Å². The summed E-state index contributed by atoms with van der Waals surface area (Å²) in [4.78, 5) is 22.7. The van der Waals surface area contributed by atoms with Crippen molar-refractivity contribution in [2.24, 2.45) is 11.7 Å². The summed E-state index contributed by atoms with van der Waals surface area (Å²) >= 11 is 0. The third-order valence-electron chi connectivity index (χ3n) is 3.44. The van der Waals surface area contributed by atoms with E-state index in [0.29, 0.717) is 12.1 Å². The minimum Gasteiger partial charge on any atom is -0.481 e. The van der Waals surface area contributed by atoms with Crippen molar-refractivity contribution in [3.8, 4) is 0 Å². The maximum Gasteiger partial charge on any atom is 0.303 e. The Bertz CT molecular complexity index is 474. The maximum atomic E-state index is 12.1. The number of amides is 1. The molecule has 5 nitrogen and oxygen atoms in total. The van der Waals surface area contributed by atoms with E-state index in [-0.39, 0.29) is 18.2 Å². The average molecular weight is 278 g/mol. The van der Waals surface area contributed by atoms with Crippen molar-refractivity contribution in [3.05, 3.63) is 29.8 Å². The van der Waals surface area contributed by atoms with E-state index in [0.717, 1.165) is 12.0 Å². The first-order valence-electron chi connectivity index (χ1n) is 6.81. The fourth-order valence-electron chi connectivity index (χ4n) is 1.83. The minimum absolute atomic E-state index is 0.0320. The quantitative estimate of drug-likeness (QED) is 0.711. The highest BCUT2D eigenvalue weighted by atomic mass is 16.4. The molecule has 20 heavy (non-hydrogen) atoms. The Balaban J connectivity index is 2.76. The number of benzene rings is 1. The van der Waals surface area contributed by atoms with Crippen LogP contribution < -0.4 is 11.1 Å². The predicted octanol–water partition coefficient (Wildman–Crippen LogP) is 2.02. The zero-order valence-corrected chi connectivity index (χ0v) is 11.9. The smallest absolute Gasteiger partial charge is 0.303 e. The lowest BCUT2D eigenvalue weighted by molar-refractivity contribution is -0.136. The van der Waals surface area contributed by atoms with E-state index in [2.05, 4.69) is 5.32 Å². The standard InChI is InChI=1S/C15H22N2O3/c1-3-10(2)14(16)15(20)17-12-7-5-4-6-11(12)8-9-13(18)19/h4-7,10,14H,3,8-9,16H2,1-2H3,(H,17,20)(H,18,19)/t10?,14-/m0/s1. The van der Waals surface area contributed by atoms with Crippen molar-refractivity contribution < 1.29 is 14.7 Å². The van der Waals surface area contributed by atoms with Crippen LogP contribution in [0.3, 0.4) is 0 Å². The lowest BCUT2D eigenvalue weighted by atomic mass is 9.99. The zero-order chi connectivity index (χ0) is 15.1. The summed E-state index contributed by atoms with van der Waals surface area (Å²) in [7, 11) is 0. The fraction of sp³-hybridized carbons (Fsp3) is 0.467. The number of anilines is 1. The molecule has 0 aliphatic heterocycles. The number of nitrogens with one attached hydrogen (secondary N) is 1. The molecule has 0 saturated carbocycles. The van der Waals surface area contributed by atoms with Gasteiger partial charge in [-0.1, -0.05) is 38.5 Å². The molecule has 110 valence electrons. The molecular formula is C15H22N2O3. The van der Waals surface area contributed by atoms with Crippen LogP contribution in [0.4, 0.5) is 5.69 Å². The van der Waals surface area contributed by atoms with Crippen molar-refractivity contribution in [2.45, 2.75) is 39.2 Å². The molecule has 0 aromatic heterocycles. The Labute approximate surface area is 119 Å². The van der Waals surface area contributed by atoms with Gasteiger partial charge < -0.3 is 16.2 Å². The molecule has 0 bridgehead atoms. The van der Waals surface area contributed by atoms with E-state index in [1.165, 1.54) is 0 Å². The molecule has 0 saturated heterocycles. The Kier molecular flexibility index (Phi) is 6.18. The van der Waals surface area contributed by atoms with Crippen molar-refractivity contribution >= 4 is 17.6 Å². The number of carbonyl (C=O) groups excluding carboxylic acids is 1. The highest BCUT2D eigenvalue weighted by Gasteiger charge is 2.20. The predicted molar refractivity (Wildman–Crippen MR) is 78.5 cm³/mol. The lowest BCUT2D eigenvalue weighted by Gasteiger charge is -2.19. The molecule has 0 radical (unpaired) electrons. The van der Waals surface area contributed by atoms with Gasteiger partial charge in [-0.15, -0.1) is 0 Å². The van der Waals surface area contributed by atoms with Gasteiger partial charge in [0.25, 0.3) is 0 Å². The van der Waals surface area contributed by atoms with Gasteiger partial charge in [0, 0.05) is 12.1 Å². The highest BCUT2D eigenvalue weighted by molar-refractivity contribution is 5.95. The number of carboxylic acids is 1. The van der Waals surface area contributed by atoms with Crippen LogP contribution in [0.1, 0.15) is 32.3 Å². The number of hydrogen-bond acceptors (Lipinski definition) is 3. The minimum atomic E-state index is -0.859. The Morgan fingerprint density at radius 2 is 2.00 bits per heavy atom. The van der Waals surface area contributed by atoms with E-state index < -0.39 is 12.0 Å². The van der Waals surface area contributed by atoms with Crippen LogP contribution >= 0.6 is 0 Å². The highest BCUT2D eigenvalue weighted by Crippen LogP contribution is 2.18. The Morgan fingerprint density at radius 1 is 1.35 bits per heavy atom. The molecule has 1 rings (SSSR count). The lowest BCUT2D eigenvalue weighted by Crippen LogP contribution is -2.40. The molecule has 1 aromatic rings. The van der Waals surface area contributed by atoms with Gasteiger partial charge in [0.1, 0.15) is 0 Å². The Morgan fingerprint density at radius 3 is 2.60 bits per heavy atom. The van der Waals surface area contributed by atoms with Crippen LogP contribution in [0, 0.1) is 5.92 Å². The second-order valence-electron chi connectivity index (χ2n) is 4.95. The van der Waals surface area contributed by atoms with Gasteiger partial charge in [-0.05, 0) is 24.0 Å². The largest absolute Gasteiger partial charge is 0.481 e. The van der Waals surface area contributed by atoms with Crippen LogP contribution in [0.2, 0.25) is 0 Å². The monoisotopic (exact) mass is 278 g/mol. The molecule has 4 N–H and O–H groups in total. The third-order valence-corrected chi connectivity index (χ3v) is 3.44. The molecule has 1 unspecified atom stereocenters. The van der Waals surface area contributed by atoms with E-state index >= 15 is 0 Å². The number of aliphatic carboxylic acids is 1. The van der Waals surface area contributed by atoms with Crippen LogP contribution in [0.25, 0.3) is 0 Å². The fourth-order valence-corrected chi connectivity index (χ4v) is 1.83. The summed E-state index contributed by atoms with van der Waals surface area (Å²) in [5.74, 6) is -0.995. The molecular weight excluding hydrogens is 256 g/mol. The van der Waals surface area contributed by atoms with Crippen LogP contribution in [0.15, 0.2) is 24.3 Å². The van der Waals surface area contributed by atoms with Gasteiger partial charge in [-0.25, -0.2) is 0 Å². The van der Waals surface area contributed by atoms with E-state index in [1.807, 2.05) is 26.0 Å². The second-order valence-corrected chi connectivity index (χ2v) is 4.95. The SMILES string of the molecule is CCC(C)[C@H](N)C(=O)Nc1ccccc1CCC(=O)O. The molecule has 0 spiro atoms. The first kappa shape index (κ1) is 16.2. The second kappa shape index (κ2) is 7.65. The molecule has 2 atom stereocenters. The van der Waals surface area contributed by atoms with E-state index in [1.54, 1.807) is 12.1 Å². The number of hydrogen-bond donors (Lipinski definition) is 3. The Hall–Kier alpha value is -1.88. The summed E-state index contributed by atoms with van der Waals surface area (Å²) in [6, 6.07) is 6.63. The van der Waals surface area contributed by atoms with Gasteiger partial charge in [-0.3, -0.25) is 9.59 Å². The van der Waals surface area contributed by atoms with Crippen molar-refractivity contribution in [1.29, 1.82) is 0 Å². The van der Waals surface area contributed by atoms with Crippen LogP contribution in [0.5, 0.6) is 0 Å². The number of aryl methyl sites for hydroxylation is 1. The zero-order valence-electron chi connectivity index (χ0n) is 11.9. The van der Waals surface area contributed by atoms with E-state index in [4.69, 9.17) is 10.8 Å². The summed E-state index contributed by atoms with van der Waals surface area (Å²) < 4.78 is 0. The molecule has 0 aliphatic carbocycles. The normalized spacial score (nSPS) is 13.6. The molecule has 0 heterocycles. The molecule has 1 aromatic carbocycles. The van der Waals surface area contributed by atoms with Gasteiger partial charge >= 0.3 is 5.97 Å². The van der Waals surface area contributed by atoms with Gasteiger partial charge in [0.15, 0.2) is 0 Å². The van der Waals surface area contributed by atoms with Crippen LogP contribution in [-0.4, -0.2) is 23.0 Å². The summed E-state index contributed by atoms with van der Waals surface area (Å²) in [5.41, 5.74) is 7.33. The summed E-state index contributed by atoms with van der Waals surface area (Å²) in [5, 5.41) is 11.5.